The second-order valence-electron chi connectivity index (χ2n) is 5.76. The summed E-state index contributed by atoms with van der Waals surface area (Å²) in [5.74, 6) is -0.306. The first kappa shape index (κ1) is 16.7. The van der Waals surface area contributed by atoms with Gasteiger partial charge in [-0.3, -0.25) is 14.9 Å². The van der Waals surface area contributed by atoms with Gasteiger partial charge in [-0.05, 0) is 44.9 Å². The van der Waals surface area contributed by atoms with Crippen LogP contribution in [0.3, 0.4) is 0 Å². The van der Waals surface area contributed by atoms with Crippen LogP contribution in [0, 0.1) is 30.9 Å². The van der Waals surface area contributed by atoms with E-state index in [-0.39, 0.29) is 17.6 Å². The fourth-order valence-electron chi connectivity index (χ4n) is 2.65. The number of nitrogens with zero attached hydrogens (tertiary/aromatic N) is 1. The number of benzene rings is 2. The molecule has 1 atom stereocenters. The lowest BCUT2D eigenvalue weighted by atomic mass is 9.99. The van der Waals surface area contributed by atoms with Gasteiger partial charge in [0.15, 0.2) is 0 Å². The normalized spacial score (nSPS) is 11.8. The minimum atomic E-state index is -0.472. The first-order valence-corrected chi connectivity index (χ1v) is 7.43. The van der Waals surface area contributed by atoms with Gasteiger partial charge in [0.25, 0.3) is 11.6 Å². The Morgan fingerprint density at radius 1 is 1.17 bits per heavy atom. The van der Waals surface area contributed by atoms with Crippen LogP contribution in [0.2, 0.25) is 0 Å². The van der Waals surface area contributed by atoms with E-state index in [4.69, 9.17) is 0 Å². The van der Waals surface area contributed by atoms with E-state index in [1.807, 2.05) is 39.0 Å². The molecule has 0 spiro atoms. The van der Waals surface area contributed by atoms with E-state index >= 15 is 0 Å². The Morgan fingerprint density at radius 3 is 2.52 bits per heavy atom. The summed E-state index contributed by atoms with van der Waals surface area (Å²) in [6.45, 7) is 7.50. The lowest BCUT2D eigenvalue weighted by Crippen LogP contribution is -2.28. The minimum absolute atomic E-state index is 0.0444. The van der Waals surface area contributed by atoms with Crippen LogP contribution in [0.25, 0.3) is 0 Å². The summed E-state index contributed by atoms with van der Waals surface area (Å²) in [6, 6.07) is 10.4. The molecule has 2 aromatic carbocycles. The standard InChI is InChI=1S/C18H20N2O3/c1-11-8-9-12(2)16(10-11)14(4)19-18(21)15-6-5-7-17(13(15)3)20(22)23/h5-10,14H,1-4H3,(H,19,21). The Hall–Kier alpha value is -2.69. The third-order valence-electron chi connectivity index (χ3n) is 4.00. The van der Waals surface area contributed by atoms with Gasteiger partial charge in [0.05, 0.1) is 11.0 Å². The van der Waals surface area contributed by atoms with Crippen LogP contribution in [0.1, 0.15) is 45.6 Å². The number of aryl methyl sites for hydroxylation is 2. The zero-order valence-electron chi connectivity index (χ0n) is 13.7. The molecule has 2 aromatic rings. The molecule has 1 N–H and O–H groups in total. The molecule has 0 radical (unpaired) electrons. The number of hydrogen-bond acceptors (Lipinski definition) is 3. The van der Waals surface area contributed by atoms with Crippen LogP contribution < -0.4 is 5.32 Å². The van der Waals surface area contributed by atoms with Crippen molar-refractivity contribution in [2.45, 2.75) is 33.7 Å². The van der Waals surface area contributed by atoms with Crippen molar-refractivity contribution in [2.24, 2.45) is 0 Å². The molecule has 0 saturated carbocycles. The number of carbonyl (C=O) groups is 1. The van der Waals surface area contributed by atoms with Gasteiger partial charge in [-0.2, -0.15) is 0 Å². The van der Waals surface area contributed by atoms with Crippen molar-refractivity contribution >= 4 is 11.6 Å². The number of hydrogen-bond donors (Lipinski definition) is 1. The predicted molar refractivity (Wildman–Crippen MR) is 89.6 cm³/mol. The van der Waals surface area contributed by atoms with Crippen molar-refractivity contribution in [3.63, 3.8) is 0 Å². The summed E-state index contributed by atoms with van der Waals surface area (Å²) in [4.78, 5) is 23.0. The van der Waals surface area contributed by atoms with Gasteiger partial charge in [0, 0.05) is 17.2 Å². The van der Waals surface area contributed by atoms with Crippen LogP contribution in [-0.4, -0.2) is 10.8 Å². The minimum Gasteiger partial charge on any atom is -0.345 e. The topological polar surface area (TPSA) is 72.2 Å². The summed E-state index contributed by atoms with van der Waals surface area (Å²) >= 11 is 0. The highest BCUT2D eigenvalue weighted by Gasteiger charge is 2.20. The smallest absolute Gasteiger partial charge is 0.273 e. The summed E-state index contributed by atoms with van der Waals surface area (Å²) < 4.78 is 0. The van der Waals surface area contributed by atoms with Crippen LogP contribution in [-0.2, 0) is 0 Å². The number of amides is 1. The molecular weight excluding hydrogens is 292 g/mol. The van der Waals surface area contributed by atoms with E-state index in [0.29, 0.717) is 11.1 Å². The summed E-state index contributed by atoms with van der Waals surface area (Å²) in [7, 11) is 0. The SMILES string of the molecule is Cc1ccc(C)c(C(C)NC(=O)c2cccc([N+](=O)[O-])c2C)c1. The molecule has 0 fully saturated rings. The lowest BCUT2D eigenvalue weighted by molar-refractivity contribution is -0.385. The average Bonchev–Trinajstić information content (AvgIpc) is 2.49. The van der Waals surface area contributed by atoms with Crippen LogP contribution in [0.4, 0.5) is 5.69 Å². The molecule has 2 rings (SSSR count). The molecule has 0 aromatic heterocycles. The second kappa shape index (κ2) is 6.60. The largest absolute Gasteiger partial charge is 0.345 e. The molecule has 0 aliphatic rings. The molecule has 0 saturated heterocycles. The van der Waals surface area contributed by atoms with Crippen LogP contribution in [0.15, 0.2) is 36.4 Å². The Balaban J connectivity index is 2.27. The fourth-order valence-corrected chi connectivity index (χ4v) is 2.65. The summed E-state index contributed by atoms with van der Waals surface area (Å²) in [5, 5.41) is 13.9. The van der Waals surface area contributed by atoms with E-state index in [0.717, 1.165) is 16.7 Å². The zero-order valence-corrected chi connectivity index (χ0v) is 13.7. The van der Waals surface area contributed by atoms with Crippen molar-refractivity contribution in [3.05, 3.63) is 74.3 Å². The van der Waals surface area contributed by atoms with Crippen LogP contribution >= 0.6 is 0 Å². The maximum Gasteiger partial charge on any atom is 0.273 e. The van der Waals surface area contributed by atoms with Gasteiger partial charge < -0.3 is 5.32 Å². The number of nitro benzene ring substituents is 1. The van der Waals surface area contributed by atoms with Gasteiger partial charge in [0.1, 0.15) is 0 Å². The van der Waals surface area contributed by atoms with Crippen molar-refractivity contribution in [1.29, 1.82) is 0 Å². The molecule has 23 heavy (non-hydrogen) atoms. The third-order valence-corrected chi connectivity index (χ3v) is 4.00. The monoisotopic (exact) mass is 312 g/mol. The first-order chi connectivity index (χ1) is 10.8. The number of carbonyl (C=O) groups excluding carboxylic acids is 1. The Kier molecular flexibility index (Phi) is 4.79. The lowest BCUT2D eigenvalue weighted by Gasteiger charge is -2.18. The molecule has 1 amide bonds. The third kappa shape index (κ3) is 3.56. The van der Waals surface area contributed by atoms with Crippen molar-refractivity contribution in [2.75, 3.05) is 0 Å². The maximum atomic E-state index is 12.5. The number of rotatable bonds is 4. The molecule has 5 nitrogen and oxygen atoms in total. The molecule has 0 aliphatic carbocycles. The van der Waals surface area contributed by atoms with E-state index < -0.39 is 4.92 Å². The summed E-state index contributed by atoms with van der Waals surface area (Å²) in [5.41, 5.74) is 3.93. The molecular formula is C18H20N2O3. The van der Waals surface area contributed by atoms with Crippen LogP contribution in [0.5, 0.6) is 0 Å². The first-order valence-electron chi connectivity index (χ1n) is 7.43. The van der Waals surface area contributed by atoms with Gasteiger partial charge in [-0.1, -0.05) is 29.8 Å². The highest BCUT2D eigenvalue weighted by atomic mass is 16.6. The van der Waals surface area contributed by atoms with Gasteiger partial charge in [-0.25, -0.2) is 0 Å². The zero-order chi connectivity index (χ0) is 17.1. The highest BCUT2D eigenvalue weighted by Crippen LogP contribution is 2.23. The van der Waals surface area contributed by atoms with E-state index in [1.54, 1.807) is 13.0 Å². The molecule has 0 bridgehead atoms. The van der Waals surface area contributed by atoms with Crippen molar-refractivity contribution in [3.8, 4) is 0 Å². The molecule has 5 heteroatoms. The highest BCUT2D eigenvalue weighted by molar-refractivity contribution is 5.96. The van der Waals surface area contributed by atoms with E-state index in [1.165, 1.54) is 12.1 Å². The van der Waals surface area contributed by atoms with Crippen molar-refractivity contribution < 1.29 is 9.72 Å². The number of nitro groups is 1. The molecule has 0 heterocycles. The predicted octanol–water partition coefficient (Wildman–Crippen LogP) is 4.01. The maximum absolute atomic E-state index is 12.5. The molecule has 0 aliphatic heterocycles. The Labute approximate surface area is 135 Å². The summed E-state index contributed by atoms with van der Waals surface area (Å²) in [6.07, 6.45) is 0. The second-order valence-corrected chi connectivity index (χ2v) is 5.76. The van der Waals surface area contributed by atoms with Gasteiger partial charge >= 0.3 is 0 Å². The average molecular weight is 312 g/mol. The Morgan fingerprint density at radius 2 is 1.87 bits per heavy atom. The molecule has 1 unspecified atom stereocenters. The van der Waals surface area contributed by atoms with Crippen molar-refractivity contribution in [1.82, 2.24) is 5.32 Å². The molecule has 120 valence electrons. The van der Waals surface area contributed by atoms with E-state index in [2.05, 4.69) is 5.32 Å². The Bertz CT molecular complexity index is 769. The fraction of sp³-hybridized carbons (Fsp3) is 0.278. The quantitative estimate of drug-likeness (QED) is 0.685. The number of nitrogens with one attached hydrogen (secondary N) is 1. The van der Waals surface area contributed by atoms with Gasteiger partial charge in [0.2, 0.25) is 0 Å². The van der Waals surface area contributed by atoms with E-state index in [9.17, 15) is 14.9 Å². The van der Waals surface area contributed by atoms with Gasteiger partial charge in [-0.15, -0.1) is 0 Å².